The van der Waals surface area contributed by atoms with Gasteiger partial charge in [-0.1, -0.05) is 6.08 Å². The van der Waals surface area contributed by atoms with E-state index in [0.717, 1.165) is 4.90 Å². The maximum Gasteiger partial charge on any atom is 0.417 e. The lowest BCUT2D eigenvalue weighted by molar-refractivity contribution is -0.484. The molecular formula is C15H18N2O6. The third-order valence-electron chi connectivity index (χ3n) is 3.23. The number of hydrogen-bond donors (Lipinski definition) is 0. The first-order valence-electron chi connectivity index (χ1n) is 7.08. The molecule has 124 valence electrons. The van der Waals surface area contributed by atoms with Gasteiger partial charge in [0, 0.05) is 11.0 Å². The first-order valence-corrected chi connectivity index (χ1v) is 7.08. The summed E-state index contributed by atoms with van der Waals surface area (Å²) in [7, 11) is 0. The molecule has 0 bridgehead atoms. The van der Waals surface area contributed by atoms with E-state index in [-0.39, 0.29) is 0 Å². The largest absolute Gasteiger partial charge is 0.469 e. The Labute approximate surface area is 132 Å². The van der Waals surface area contributed by atoms with Crippen molar-refractivity contribution >= 4 is 12.0 Å². The summed E-state index contributed by atoms with van der Waals surface area (Å²) in [5.41, 5.74) is -0.784. The predicted octanol–water partition coefficient (Wildman–Crippen LogP) is 2.34. The smallest absolute Gasteiger partial charge is 0.417 e. The van der Waals surface area contributed by atoms with Crippen molar-refractivity contribution in [1.29, 1.82) is 0 Å². The summed E-state index contributed by atoms with van der Waals surface area (Å²) in [5.74, 6) is -1.01. The van der Waals surface area contributed by atoms with Crippen molar-refractivity contribution in [2.45, 2.75) is 38.3 Å². The molecule has 0 spiro atoms. The number of carbonyl (C=O) groups is 2. The first-order chi connectivity index (χ1) is 10.7. The van der Waals surface area contributed by atoms with Crippen LogP contribution in [0.2, 0.25) is 0 Å². The van der Waals surface area contributed by atoms with Gasteiger partial charge in [0.1, 0.15) is 17.3 Å². The number of nitro groups is 1. The maximum absolute atomic E-state index is 12.3. The molecule has 0 unspecified atom stereocenters. The SMILES string of the molecule is CC(C)(C)OC(=O)N1C(=O)C=C[C@H]1[C@H](C[N+](=O)[O-])c1ccco1. The summed E-state index contributed by atoms with van der Waals surface area (Å²) in [4.78, 5) is 35.7. The Balaban J connectivity index is 2.29. The van der Waals surface area contributed by atoms with E-state index in [1.807, 2.05) is 0 Å². The lowest BCUT2D eigenvalue weighted by atomic mass is 9.97. The van der Waals surface area contributed by atoms with Gasteiger partial charge in [-0.2, -0.15) is 0 Å². The molecule has 0 aromatic carbocycles. The van der Waals surface area contributed by atoms with E-state index in [0.29, 0.717) is 5.76 Å². The number of amides is 2. The molecule has 2 amide bonds. The van der Waals surface area contributed by atoms with Gasteiger partial charge in [-0.3, -0.25) is 14.9 Å². The quantitative estimate of drug-likeness (QED) is 0.622. The van der Waals surface area contributed by atoms with Crippen molar-refractivity contribution in [3.8, 4) is 0 Å². The molecule has 0 saturated heterocycles. The Morgan fingerprint density at radius 1 is 1.52 bits per heavy atom. The zero-order valence-corrected chi connectivity index (χ0v) is 13.1. The van der Waals surface area contributed by atoms with Crippen molar-refractivity contribution in [3.63, 3.8) is 0 Å². The van der Waals surface area contributed by atoms with Gasteiger partial charge in [0.2, 0.25) is 6.54 Å². The van der Waals surface area contributed by atoms with Gasteiger partial charge >= 0.3 is 6.09 Å². The highest BCUT2D eigenvalue weighted by Crippen LogP contribution is 2.30. The van der Waals surface area contributed by atoms with Crippen LogP contribution >= 0.6 is 0 Å². The van der Waals surface area contributed by atoms with Crippen LogP contribution in [0.1, 0.15) is 32.4 Å². The third-order valence-corrected chi connectivity index (χ3v) is 3.23. The minimum atomic E-state index is -0.836. The van der Waals surface area contributed by atoms with Crippen LogP contribution in [0.3, 0.4) is 0 Å². The minimum absolute atomic E-state index is 0.333. The molecule has 1 aromatic heterocycles. The fourth-order valence-corrected chi connectivity index (χ4v) is 2.36. The van der Waals surface area contributed by atoms with Gasteiger partial charge in [0.05, 0.1) is 12.3 Å². The number of rotatable bonds is 4. The van der Waals surface area contributed by atoms with Gasteiger partial charge in [-0.15, -0.1) is 0 Å². The molecule has 1 aromatic rings. The Kier molecular flexibility index (Phi) is 4.53. The van der Waals surface area contributed by atoms with Crippen LogP contribution in [-0.4, -0.2) is 40.0 Å². The summed E-state index contributed by atoms with van der Waals surface area (Å²) in [6, 6.07) is 2.35. The molecule has 0 fully saturated rings. The zero-order chi connectivity index (χ0) is 17.2. The molecule has 2 heterocycles. The Morgan fingerprint density at radius 3 is 2.74 bits per heavy atom. The monoisotopic (exact) mass is 322 g/mol. The molecular weight excluding hydrogens is 304 g/mol. The van der Waals surface area contributed by atoms with Gasteiger partial charge in [0.15, 0.2) is 0 Å². The highest BCUT2D eigenvalue weighted by molar-refractivity contribution is 6.01. The topological polar surface area (TPSA) is 103 Å². The van der Waals surface area contributed by atoms with Crippen LogP contribution in [0.25, 0.3) is 0 Å². The number of hydrogen-bond acceptors (Lipinski definition) is 6. The van der Waals surface area contributed by atoms with E-state index in [9.17, 15) is 19.7 Å². The van der Waals surface area contributed by atoms with E-state index in [1.54, 1.807) is 32.9 Å². The molecule has 8 heteroatoms. The summed E-state index contributed by atoms with van der Waals surface area (Å²) >= 11 is 0. The maximum atomic E-state index is 12.3. The van der Waals surface area contributed by atoms with Gasteiger partial charge in [0.25, 0.3) is 5.91 Å². The van der Waals surface area contributed by atoms with Crippen molar-refractivity contribution in [1.82, 2.24) is 4.90 Å². The normalized spacial score (nSPS) is 19.0. The summed E-state index contributed by atoms with van der Waals surface area (Å²) in [6.45, 7) is 4.55. The number of nitrogens with zero attached hydrogens (tertiary/aromatic N) is 2. The second-order valence-corrected chi connectivity index (χ2v) is 6.18. The van der Waals surface area contributed by atoms with Gasteiger partial charge in [-0.25, -0.2) is 9.69 Å². The standard InChI is InChI=1S/C15H18N2O6/c1-15(2,3)23-14(19)17-11(6-7-13(17)18)10(9-16(20)21)12-5-4-8-22-12/h4-8,10-11H,9H2,1-3H3/t10-,11-/m0/s1. The van der Waals surface area contributed by atoms with Crippen LogP contribution in [-0.2, 0) is 9.53 Å². The average molecular weight is 322 g/mol. The third kappa shape index (κ3) is 3.97. The Hall–Kier alpha value is -2.64. The molecule has 0 saturated carbocycles. The van der Waals surface area contributed by atoms with Gasteiger partial charge in [-0.05, 0) is 32.9 Å². The van der Waals surface area contributed by atoms with E-state index in [4.69, 9.17) is 9.15 Å². The number of carbonyl (C=O) groups excluding carboxylic acids is 2. The van der Waals surface area contributed by atoms with Crippen LogP contribution in [0.5, 0.6) is 0 Å². The summed E-state index contributed by atoms with van der Waals surface area (Å²) < 4.78 is 10.5. The number of imide groups is 1. The van der Waals surface area contributed by atoms with Crippen molar-refractivity contribution in [2.24, 2.45) is 0 Å². The van der Waals surface area contributed by atoms with E-state index in [1.165, 1.54) is 18.4 Å². The van der Waals surface area contributed by atoms with Crippen LogP contribution in [0.15, 0.2) is 35.0 Å². The highest BCUT2D eigenvalue weighted by Gasteiger charge is 2.42. The molecule has 2 rings (SSSR count). The summed E-state index contributed by atoms with van der Waals surface area (Å²) in [6.07, 6.45) is 3.23. The molecule has 2 atom stereocenters. The van der Waals surface area contributed by atoms with Crippen LogP contribution < -0.4 is 0 Å². The summed E-state index contributed by atoms with van der Waals surface area (Å²) in [5, 5.41) is 11.0. The van der Waals surface area contributed by atoms with E-state index < -0.39 is 41.0 Å². The predicted molar refractivity (Wildman–Crippen MR) is 79.3 cm³/mol. The highest BCUT2D eigenvalue weighted by atomic mass is 16.6. The minimum Gasteiger partial charge on any atom is -0.469 e. The Morgan fingerprint density at radius 2 is 2.22 bits per heavy atom. The molecule has 8 nitrogen and oxygen atoms in total. The molecule has 1 aliphatic heterocycles. The molecule has 0 N–H and O–H groups in total. The van der Waals surface area contributed by atoms with Crippen molar-refractivity contribution in [3.05, 3.63) is 46.4 Å². The van der Waals surface area contributed by atoms with Crippen molar-refractivity contribution in [2.75, 3.05) is 6.54 Å². The van der Waals surface area contributed by atoms with E-state index >= 15 is 0 Å². The number of furan rings is 1. The van der Waals surface area contributed by atoms with Crippen LogP contribution in [0, 0.1) is 10.1 Å². The van der Waals surface area contributed by atoms with E-state index in [2.05, 4.69) is 0 Å². The molecule has 0 radical (unpaired) electrons. The van der Waals surface area contributed by atoms with Gasteiger partial charge < -0.3 is 9.15 Å². The first kappa shape index (κ1) is 16.7. The fourth-order valence-electron chi connectivity index (χ4n) is 2.36. The fraction of sp³-hybridized carbons (Fsp3) is 0.467. The van der Waals surface area contributed by atoms with Crippen LogP contribution in [0.4, 0.5) is 4.79 Å². The lowest BCUT2D eigenvalue weighted by Crippen LogP contribution is -2.46. The average Bonchev–Trinajstić information content (AvgIpc) is 3.02. The second-order valence-electron chi connectivity index (χ2n) is 6.18. The lowest BCUT2D eigenvalue weighted by Gasteiger charge is -2.29. The second kappa shape index (κ2) is 6.23. The Bertz CT molecular complexity index is 629. The molecule has 1 aliphatic rings. The molecule has 23 heavy (non-hydrogen) atoms. The molecule has 0 aliphatic carbocycles. The number of ether oxygens (including phenoxy) is 1. The van der Waals surface area contributed by atoms with Crippen molar-refractivity contribution < 1.29 is 23.7 Å². The zero-order valence-electron chi connectivity index (χ0n) is 13.1.